The van der Waals surface area contributed by atoms with Crippen LogP contribution < -0.4 is 10.6 Å². The van der Waals surface area contributed by atoms with Crippen molar-refractivity contribution in [2.45, 2.75) is 39.2 Å². The van der Waals surface area contributed by atoms with Crippen molar-refractivity contribution in [3.05, 3.63) is 10.6 Å². The highest BCUT2D eigenvalue weighted by Gasteiger charge is 2.48. The van der Waals surface area contributed by atoms with E-state index in [0.29, 0.717) is 5.13 Å². The van der Waals surface area contributed by atoms with Gasteiger partial charge < -0.3 is 10.4 Å². The number of urea groups is 1. The molecule has 1 atom stereocenters. The highest BCUT2D eigenvalue weighted by molar-refractivity contribution is 7.15. The zero-order valence-corrected chi connectivity index (χ0v) is 11.9. The van der Waals surface area contributed by atoms with Crippen LogP contribution in [0, 0.1) is 19.8 Å². The molecule has 3 N–H and O–H groups in total. The van der Waals surface area contributed by atoms with Crippen LogP contribution in [0.15, 0.2) is 0 Å². The molecule has 1 saturated carbocycles. The van der Waals surface area contributed by atoms with Crippen LogP contribution in [0.25, 0.3) is 0 Å². The number of hydrogen-bond donors (Lipinski definition) is 3. The van der Waals surface area contributed by atoms with Crippen molar-refractivity contribution < 1.29 is 14.7 Å². The van der Waals surface area contributed by atoms with E-state index in [2.05, 4.69) is 15.6 Å². The van der Waals surface area contributed by atoms with Gasteiger partial charge in [0.2, 0.25) is 0 Å². The maximum absolute atomic E-state index is 11.9. The molecule has 104 valence electrons. The van der Waals surface area contributed by atoms with Crippen molar-refractivity contribution in [1.29, 1.82) is 0 Å². The third kappa shape index (κ3) is 2.86. The summed E-state index contributed by atoms with van der Waals surface area (Å²) in [6.45, 7) is 5.33. The number of aromatic nitrogens is 1. The minimum atomic E-state index is -1.20. The van der Waals surface area contributed by atoms with E-state index < -0.39 is 17.5 Å². The van der Waals surface area contributed by atoms with Crippen LogP contribution >= 0.6 is 11.3 Å². The van der Waals surface area contributed by atoms with Crippen molar-refractivity contribution in [3.8, 4) is 0 Å². The maximum Gasteiger partial charge on any atom is 0.329 e. The van der Waals surface area contributed by atoms with Crippen LogP contribution in [0.2, 0.25) is 0 Å². The summed E-state index contributed by atoms with van der Waals surface area (Å²) in [4.78, 5) is 28.4. The normalized spacial score (nSPS) is 17.6. The standard InChI is InChI=1S/C12H17N3O3S/c1-6-7(2)19-11(13-6)14-10(18)15-12(3,9(16)17)8-4-5-8/h8H,4-5H2,1-3H3,(H,16,17)(H2,13,14,15,18). The summed E-state index contributed by atoms with van der Waals surface area (Å²) in [5.41, 5.74) is -0.339. The summed E-state index contributed by atoms with van der Waals surface area (Å²) in [5.74, 6) is -0.993. The van der Waals surface area contributed by atoms with Crippen molar-refractivity contribution in [3.63, 3.8) is 0 Å². The third-order valence-electron chi connectivity index (χ3n) is 3.46. The number of aryl methyl sites for hydroxylation is 2. The zero-order valence-electron chi connectivity index (χ0n) is 11.1. The van der Waals surface area contributed by atoms with Gasteiger partial charge in [-0.2, -0.15) is 0 Å². The minimum Gasteiger partial charge on any atom is -0.480 e. The minimum absolute atomic E-state index is 0.00974. The zero-order chi connectivity index (χ0) is 14.2. The van der Waals surface area contributed by atoms with E-state index in [9.17, 15) is 14.7 Å². The molecule has 7 heteroatoms. The Balaban J connectivity index is 2.02. The second kappa shape index (κ2) is 4.80. The molecule has 6 nitrogen and oxygen atoms in total. The van der Waals surface area contributed by atoms with Crippen LogP contribution in [-0.4, -0.2) is 27.6 Å². The van der Waals surface area contributed by atoms with Gasteiger partial charge in [-0.1, -0.05) is 0 Å². The van der Waals surface area contributed by atoms with Crippen molar-refractivity contribution >= 4 is 28.5 Å². The third-order valence-corrected chi connectivity index (χ3v) is 4.45. The molecule has 0 aromatic carbocycles. The number of nitrogens with zero attached hydrogens (tertiary/aromatic N) is 1. The number of thiazole rings is 1. The fourth-order valence-corrected chi connectivity index (χ4v) is 2.69. The molecule has 0 bridgehead atoms. The van der Waals surface area contributed by atoms with Crippen LogP contribution in [0.1, 0.15) is 30.3 Å². The van der Waals surface area contributed by atoms with Crippen molar-refractivity contribution in [2.75, 3.05) is 5.32 Å². The average molecular weight is 283 g/mol. The summed E-state index contributed by atoms with van der Waals surface area (Å²) in [6, 6.07) is -0.523. The quantitative estimate of drug-likeness (QED) is 0.789. The Morgan fingerprint density at radius 1 is 1.42 bits per heavy atom. The van der Waals surface area contributed by atoms with Gasteiger partial charge in [0.25, 0.3) is 0 Å². The van der Waals surface area contributed by atoms with E-state index in [1.165, 1.54) is 11.3 Å². The van der Waals surface area contributed by atoms with E-state index in [1.54, 1.807) is 6.92 Å². The largest absolute Gasteiger partial charge is 0.480 e. The molecular formula is C12H17N3O3S. The Bertz CT molecular complexity index is 505. The highest BCUT2D eigenvalue weighted by atomic mass is 32.1. The number of anilines is 1. The van der Waals surface area contributed by atoms with E-state index in [1.807, 2.05) is 13.8 Å². The lowest BCUT2D eigenvalue weighted by Crippen LogP contribution is -2.55. The summed E-state index contributed by atoms with van der Waals surface area (Å²) < 4.78 is 0. The first-order valence-electron chi connectivity index (χ1n) is 6.09. The first-order valence-corrected chi connectivity index (χ1v) is 6.91. The van der Waals surface area contributed by atoms with Gasteiger partial charge in [0.15, 0.2) is 5.13 Å². The molecule has 1 aliphatic carbocycles. The van der Waals surface area contributed by atoms with Gasteiger partial charge in [0.1, 0.15) is 5.54 Å². The number of amides is 2. The number of carbonyl (C=O) groups is 2. The molecule has 0 aliphatic heterocycles. The number of carbonyl (C=O) groups excluding carboxylic acids is 1. The first-order chi connectivity index (χ1) is 8.83. The summed E-state index contributed by atoms with van der Waals surface area (Å²) in [7, 11) is 0. The SMILES string of the molecule is Cc1nc(NC(=O)NC(C)(C(=O)O)C2CC2)sc1C. The highest BCUT2D eigenvalue weighted by Crippen LogP contribution is 2.39. The van der Waals surface area contributed by atoms with Crippen LogP contribution in [0.3, 0.4) is 0 Å². The summed E-state index contributed by atoms with van der Waals surface area (Å²) >= 11 is 1.37. The van der Waals surface area contributed by atoms with Crippen molar-refractivity contribution in [2.24, 2.45) is 5.92 Å². The fraction of sp³-hybridized carbons (Fsp3) is 0.583. The second-order valence-corrected chi connectivity index (χ2v) is 6.22. The van der Waals surface area contributed by atoms with Gasteiger partial charge in [-0.3, -0.25) is 5.32 Å². The molecular weight excluding hydrogens is 266 g/mol. The lowest BCUT2D eigenvalue weighted by atomic mass is 9.96. The second-order valence-electron chi connectivity index (χ2n) is 5.02. The molecule has 1 aromatic heterocycles. The maximum atomic E-state index is 11.9. The van der Waals surface area contributed by atoms with Crippen LogP contribution in [0.4, 0.5) is 9.93 Å². The van der Waals surface area contributed by atoms with Gasteiger partial charge in [-0.15, -0.1) is 11.3 Å². The molecule has 1 unspecified atom stereocenters. The number of aliphatic carboxylic acids is 1. The number of carboxylic acids is 1. The molecule has 1 aromatic rings. The molecule has 1 fully saturated rings. The molecule has 1 aliphatic rings. The Labute approximate surface area is 115 Å². The van der Waals surface area contributed by atoms with E-state index in [0.717, 1.165) is 23.4 Å². The van der Waals surface area contributed by atoms with Gasteiger partial charge in [-0.05, 0) is 39.5 Å². The van der Waals surface area contributed by atoms with Gasteiger partial charge in [0, 0.05) is 4.88 Å². The monoisotopic (exact) mass is 283 g/mol. The van der Waals surface area contributed by atoms with Crippen LogP contribution in [0.5, 0.6) is 0 Å². The van der Waals surface area contributed by atoms with Gasteiger partial charge in [-0.25, -0.2) is 14.6 Å². The van der Waals surface area contributed by atoms with E-state index in [-0.39, 0.29) is 5.92 Å². The molecule has 19 heavy (non-hydrogen) atoms. The summed E-state index contributed by atoms with van der Waals surface area (Å²) in [6.07, 6.45) is 1.66. The lowest BCUT2D eigenvalue weighted by Gasteiger charge is -2.25. The van der Waals surface area contributed by atoms with Gasteiger partial charge >= 0.3 is 12.0 Å². The number of nitrogens with one attached hydrogen (secondary N) is 2. The van der Waals surface area contributed by atoms with E-state index >= 15 is 0 Å². The molecule has 1 heterocycles. The Morgan fingerprint density at radius 3 is 2.47 bits per heavy atom. The molecule has 0 radical (unpaired) electrons. The number of rotatable bonds is 4. The number of carboxylic acid groups (broad SMARTS) is 1. The lowest BCUT2D eigenvalue weighted by molar-refractivity contribution is -0.144. The summed E-state index contributed by atoms with van der Waals surface area (Å²) in [5, 5.41) is 14.9. The Kier molecular flexibility index (Phi) is 3.49. The van der Waals surface area contributed by atoms with E-state index in [4.69, 9.17) is 0 Å². The predicted molar refractivity (Wildman–Crippen MR) is 72.5 cm³/mol. The molecule has 2 amide bonds. The van der Waals surface area contributed by atoms with Crippen LogP contribution in [-0.2, 0) is 4.79 Å². The predicted octanol–water partition coefficient (Wildman–Crippen LogP) is 2.13. The fourth-order valence-electron chi connectivity index (χ4n) is 1.88. The Hall–Kier alpha value is -1.63. The molecule has 0 saturated heterocycles. The molecule has 2 rings (SSSR count). The molecule has 0 spiro atoms. The smallest absolute Gasteiger partial charge is 0.329 e. The van der Waals surface area contributed by atoms with Crippen molar-refractivity contribution in [1.82, 2.24) is 10.3 Å². The Morgan fingerprint density at radius 2 is 2.05 bits per heavy atom. The van der Waals surface area contributed by atoms with Gasteiger partial charge in [0.05, 0.1) is 5.69 Å². The number of hydrogen-bond acceptors (Lipinski definition) is 4. The topological polar surface area (TPSA) is 91.3 Å². The average Bonchev–Trinajstić information content (AvgIpc) is 3.07. The first kappa shape index (κ1) is 13.8.